The van der Waals surface area contributed by atoms with Crippen molar-refractivity contribution in [1.82, 2.24) is 0 Å². The van der Waals surface area contributed by atoms with Crippen LogP contribution < -0.4 is 11.1 Å². The summed E-state index contributed by atoms with van der Waals surface area (Å²) in [6.07, 6.45) is 0. The molecule has 2 aromatic carbocycles. The number of rotatable bonds is 2. The molecule has 0 spiro atoms. The molecule has 0 aromatic heterocycles. The van der Waals surface area contributed by atoms with Crippen molar-refractivity contribution in [2.75, 3.05) is 11.1 Å². The van der Waals surface area contributed by atoms with Crippen molar-refractivity contribution in [3.05, 3.63) is 57.8 Å². The average Bonchev–Trinajstić information content (AvgIpc) is 2.36. The third kappa shape index (κ3) is 2.93. The first kappa shape index (κ1) is 13.5. The minimum atomic E-state index is -0.592. The van der Waals surface area contributed by atoms with Gasteiger partial charge in [0.05, 0.1) is 21.4 Å². The number of anilines is 2. The molecule has 0 aliphatic heterocycles. The van der Waals surface area contributed by atoms with E-state index in [9.17, 15) is 9.18 Å². The second kappa shape index (κ2) is 5.40. The molecule has 1 amide bonds. The minimum absolute atomic E-state index is 0.0330. The normalized spacial score (nSPS) is 10.3. The highest BCUT2D eigenvalue weighted by Crippen LogP contribution is 2.23. The second-order valence-electron chi connectivity index (χ2n) is 4.15. The molecule has 3 nitrogen and oxygen atoms in total. The van der Waals surface area contributed by atoms with Crippen molar-refractivity contribution in [1.29, 1.82) is 0 Å². The number of amides is 1. The molecule has 0 atom stereocenters. The lowest BCUT2D eigenvalue weighted by Crippen LogP contribution is -2.15. The number of hydrogen-bond donors (Lipinski definition) is 2. The van der Waals surface area contributed by atoms with Gasteiger partial charge in [-0.15, -0.1) is 0 Å². The molecular formula is C14H12BrFN2O. The largest absolute Gasteiger partial charge is 0.397 e. The van der Waals surface area contributed by atoms with Gasteiger partial charge in [-0.3, -0.25) is 4.79 Å². The van der Waals surface area contributed by atoms with Crippen LogP contribution in [0.2, 0.25) is 0 Å². The zero-order valence-electron chi connectivity index (χ0n) is 10.2. The van der Waals surface area contributed by atoms with Gasteiger partial charge in [0.1, 0.15) is 5.82 Å². The highest BCUT2D eigenvalue weighted by Gasteiger charge is 2.14. The summed E-state index contributed by atoms with van der Waals surface area (Å²) in [5.41, 5.74) is 7.67. The number of hydrogen-bond acceptors (Lipinski definition) is 2. The maximum Gasteiger partial charge on any atom is 0.258 e. The topological polar surface area (TPSA) is 55.1 Å². The third-order valence-corrected chi connectivity index (χ3v) is 3.26. The number of halogens is 2. The van der Waals surface area contributed by atoms with Crippen molar-refractivity contribution < 1.29 is 9.18 Å². The Balaban J connectivity index is 2.28. The van der Waals surface area contributed by atoms with Crippen LogP contribution in [0.25, 0.3) is 0 Å². The average molecular weight is 323 g/mol. The number of carbonyl (C=O) groups excluding carboxylic acids is 1. The number of nitrogens with two attached hydrogens (primary N) is 1. The summed E-state index contributed by atoms with van der Waals surface area (Å²) in [4.78, 5) is 12.0. The van der Waals surface area contributed by atoms with Crippen LogP contribution in [0, 0.1) is 12.7 Å². The Hall–Kier alpha value is -1.88. The Labute approximate surface area is 118 Å². The highest BCUT2D eigenvalue weighted by atomic mass is 79.9. The van der Waals surface area contributed by atoms with Crippen LogP contribution in [0.4, 0.5) is 15.8 Å². The van der Waals surface area contributed by atoms with Crippen LogP contribution in [-0.4, -0.2) is 5.91 Å². The molecule has 19 heavy (non-hydrogen) atoms. The van der Waals surface area contributed by atoms with Gasteiger partial charge in [0.15, 0.2) is 0 Å². The summed E-state index contributed by atoms with van der Waals surface area (Å²) < 4.78 is 14.0. The summed E-state index contributed by atoms with van der Waals surface area (Å²) in [5, 5.41) is 2.60. The number of benzene rings is 2. The van der Waals surface area contributed by atoms with Gasteiger partial charge in [-0.2, -0.15) is 0 Å². The van der Waals surface area contributed by atoms with E-state index in [1.807, 2.05) is 13.0 Å². The molecule has 0 unspecified atom stereocenters. The Kier molecular flexibility index (Phi) is 3.85. The first-order chi connectivity index (χ1) is 8.99. The Bertz CT molecular complexity index is 643. The molecule has 0 aliphatic carbocycles. The first-order valence-electron chi connectivity index (χ1n) is 5.60. The van der Waals surface area contributed by atoms with Crippen LogP contribution >= 0.6 is 15.9 Å². The standard InChI is InChI=1S/C14H12BrFN2O/c1-8-5-6-12(11(17)7-8)18-14(19)9-3-2-4-10(15)13(9)16/h2-7H,17H2,1H3,(H,18,19). The van der Waals surface area contributed by atoms with Crippen LogP contribution in [0.1, 0.15) is 15.9 Å². The molecule has 3 N–H and O–H groups in total. The fraction of sp³-hybridized carbons (Fsp3) is 0.0714. The fourth-order valence-electron chi connectivity index (χ4n) is 1.66. The van der Waals surface area contributed by atoms with Gasteiger partial charge in [0.2, 0.25) is 0 Å². The lowest BCUT2D eigenvalue weighted by Gasteiger charge is -2.09. The zero-order valence-corrected chi connectivity index (χ0v) is 11.8. The van der Waals surface area contributed by atoms with Gasteiger partial charge in [-0.05, 0) is 52.7 Å². The van der Waals surface area contributed by atoms with Gasteiger partial charge in [-0.25, -0.2) is 4.39 Å². The Morgan fingerprint density at radius 1 is 1.32 bits per heavy atom. The van der Waals surface area contributed by atoms with E-state index in [2.05, 4.69) is 21.2 Å². The summed E-state index contributed by atoms with van der Waals surface area (Å²) in [5.74, 6) is -1.12. The van der Waals surface area contributed by atoms with Gasteiger partial charge in [0, 0.05) is 0 Å². The number of nitrogen functional groups attached to an aromatic ring is 1. The van der Waals surface area contributed by atoms with E-state index >= 15 is 0 Å². The van der Waals surface area contributed by atoms with E-state index in [4.69, 9.17) is 5.73 Å². The smallest absolute Gasteiger partial charge is 0.258 e. The van der Waals surface area contributed by atoms with Crippen molar-refractivity contribution in [2.45, 2.75) is 6.92 Å². The van der Waals surface area contributed by atoms with Crippen LogP contribution in [0.5, 0.6) is 0 Å². The summed E-state index contributed by atoms with van der Waals surface area (Å²) in [7, 11) is 0. The molecular weight excluding hydrogens is 311 g/mol. The van der Waals surface area contributed by atoms with Crippen molar-refractivity contribution >= 4 is 33.2 Å². The zero-order chi connectivity index (χ0) is 14.0. The third-order valence-electron chi connectivity index (χ3n) is 2.65. The molecule has 0 bridgehead atoms. The SMILES string of the molecule is Cc1ccc(NC(=O)c2cccc(Br)c2F)c(N)c1. The van der Waals surface area contributed by atoms with Crippen molar-refractivity contribution in [3.8, 4) is 0 Å². The first-order valence-corrected chi connectivity index (χ1v) is 6.40. The predicted molar refractivity (Wildman–Crippen MR) is 77.6 cm³/mol. The molecule has 0 aliphatic rings. The fourth-order valence-corrected chi connectivity index (χ4v) is 2.03. The number of nitrogens with one attached hydrogen (secondary N) is 1. The molecule has 2 aromatic rings. The van der Waals surface area contributed by atoms with Gasteiger partial charge in [0.25, 0.3) is 5.91 Å². The van der Waals surface area contributed by atoms with Crippen molar-refractivity contribution in [3.63, 3.8) is 0 Å². The molecule has 2 rings (SSSR count). The minimum Gasteiger partial charge on any atom is -0.397 e. The van der Waals surface area contributed by atoms with Crippen molar-refractivity contribution in [2.24, 2.45) is 0 Å². The maximum absolute atomic E-state index is 13.8. The quantitative estimate of drug-likeness (QED) is 0.828. The molecule has 0 saturated carbocycles. The van der Waals surface area contributed by atoms with Crippen LogP contribution in [-0.2, 0) is 0 Å². The lowest BCUT2D eigenvalue weighted by molar-refractivity contribution is 0.102. The summed E-state index contributed by atoms with van der Waals surface area (Å²) in [6.45, 7) is 1.90. The van der Waals surface area contributed by atoms with E-state index in [-0.39, 0.29) is 10.0 Å². The van der Waals surface area contributed by atoms with Gasteiger partial charge >= 0.3 is 0 Å². The van der Waals surface area contributed by atoms with Gasteiger partial charge in [-0.1, -0.05) is 12.1 Å². The van der Waals surface area contributed by atoms with Crippen LogP contribution in [0.15, 0.2) is 40.9 Å². The molecule has 0 fully saturated rings. The Morgan fingerprint density at radius 2 is 2.05 bits per heavy atom. The van der Waals surface area contributed by atoms with E-state index < -0.39 is 11.7 Å². The predicted octanol–water partition coefficient (Wildman–Crippen LogP) is 3.73. The summed E-state index contributed by atoms with van der Waals surface area (Å²) in [6, 6.07) is 9.81. The van der Waals surface area contributed by atoms with E-state index in [1.165, 1.54) is 12.1 Å². The molecule has 0 saturated heterocycles. The Morgan fingerprint density at radius 3 is 2.74 bits per heavy atom. The monoisotopic (exact) mass is 322 g/mol. The lowest BCUT2D eigenvalue weighted by atomic mass is 10.1. The van der Waals surface area contributed by atoms with E-state index in [0.717, 1.165) is 5.56 Å². The summed E-state index contributed by atoms with van der Waals surface area (Å²) >= 11 is 3.04. The number of aryl methyl sites for hydroxylation is 1. The molecule has 0 heterocycles. The molecule has 5 heteroatoms. The molecule has 98 valence electrons. The molecule has 0 radical (unpaired) electrons. The van der Waals surface area contributed by atoms with E-state index in [0.29, 0.717) is 11.4 Å². The van der Waals surface area contributed by atoms with Crippen LogP contribution in [0.3, 0.4) is 0 Å². The highest BCUT2D eigenvalue weighted by molar-refractivity contribution is 9.10. The van der Waals surface area contributed by atoms with E-state index in [1.54, 1.807) is 18.2 Å². The number of carbonyl (C=O) groups is 1. The maximum atomic E-state index is 13.8. The van der Waals surface area contributed by atoms with Gasteiger partial charge < -0.3 is 11.1 Å². The second-order valence-corrected chi connectivity index (χ2v) is 5.00.